The normalized spacial score (nSPS) is 18.0. The van der Waals surface area contributed by atoms with E-state index in [2.05, 4.69) is 5.32 Å². The highest BCUT2D eigenvalue weighted by atomic mass is 19.4. The van der Waals surface area contributed by atoms with Crippen LogP contribution in [0.25, 0.3) is 0 Å². The van der Waals surface area contributed by atoms with Gasteiger partial charge in [0.05, 0.1) is 30.2 Å². The first kappa shape index (κ1) is 21.4. The number of nitrogens with zero attached hydrogens (tertiary/aromatic N) is 1. The molecule has 29 heavy (non-hydrogen) atoms. The monoisotopic (exact) mass is 414 g/mol. The lowest BCUT2D eigenvalue weighted by molar-refractivity contribution is -0.148. The second-order valence-electron chi connectivity index (χ2n) is 7.39. The molecule has 1 amide bonds. The molecule has 1 aromatic rings. The zero-order chi connectivity index (χ0) is 20.9. The molecule has 6 nitrogen and oxygen atoms in total. The van der Waals surface area contributed by atoms with Crippen molar-refractivity contribution in [3.8, 4) is 0 Å². The van der Waals surface area contributed by atoms with Gasteiger partial charge in [0.2, 0.25) is 0 Å². The molecule has 1 heterocycles. The Morgan fingerprint density at radius 3 is 2.52 bits per heavy atom. The van der Waals surface area contributed by atoms with Gasteiger partial charge < -0.3 is 19.7 Å². The van der Waals surface area contributed by atoms with Crippen LogP contribution in [0.2, 0.25) is 0 Å². The van der Waals surface area contributed by atoms with Gasteiger partial charge in [0.25, 0.3) is 5.91 Å². The maximum Gasteiger partial charge on any atom is 0.416 e. The molecule has 1 saturated carbocycles. The molecule has 0 atom stereocenters. The number of hydrogen-bond donors (Lipinski definition) is 1. The van der Waals surface area contributed by atoms with Gasteiger partial charge in [0.15, 0.2) is 6.61 Å². The fraction of sp³-hybridized carbons (Fsp3) is 0.600. The molecule has 9 heteroatoms. The Kier molecular flexibility index (Phi) is 7.00. The Bertz CT molecular complexity index is 727. The molecular weight excluding hydrogens is 389 g/mol. The highest BCUT2D eigenvalue weighted by Crippen LogP contribution is 2.35. The Morgan fingerprint density at radius 2 is 1.86 bits per heavy atom. The third kappa shape index (κ3) is 6.09. The first-order valence-corrected chi connectivity index (χ1v) is 9.82. The molecule has 0 spiro atoms. The minimum Gasteiger partial charge on any atom is -0.456 e. The van der Waals surface area contributed by atoms with E-state index in [1.807, 2.05) is 4.90 Å². The van der Waals surface area contributed by atoms with Crippen LogP contribution in [-0.2, 0) is 25.2 Å². The van der Waals surface area contributed by atoms with Crippen LogP contribution in [0.5, 0.6) is 0 Å². The average molecular weight is 414 g/mol. The molecule has 2 fully saturated rings. The largest absolute Gasteiger partial charge is 0.456 e. The van der Waals surface area contributed by atoms with E-state index < -0.39 is 30.2 Å². The SMILES string of the molecule is O=C(COC(=O)CC1CCCC1)Nc1cc(C(F)(F)F)ccc1N1CCOCC1. The summed E-state index contributed by atoms with van der Waals surface area (Å²) in [5, 5.41) is 2.47. The summed E-state index contributed by atoms with van der Waals surface area (Å²) in [5.74, 6) is -0.829. The van der Waals surface area contributed by atoms with Crippen LogP contribution in [0.15, 0.2) is 18.2 Å². The van der Waals surface area contributed by atoms with Crippen LogP contribution in [0, 0.1) is 5.92 Å². The van der Waals surface area contributed by atoms with Gasteiger partial charge in [-0.15, -0.1) is 0 Å². The smallest absolute Gasteiger partial charge is 0.416 e. The molecule has 160 valence electrons. The van der Waals surface area contributed by atoms with E-state index in [0.29, 0.717) is 37.9 Å². The molecule has 1 N–H and O–H groups in total. The number of amides is 1. The number of hydrogen-bond acceptors (Lipinski definition) is 5. The van der Waals surface area contributed by atoms with E-state index in [1.54, 1.807) is 0 Å². The highest BCUT2D eigenvalue weighted by molar-refractivity contribution is 5.96. The number of halogens is 3. The number of benzene rings is 1. The Hall–Kier alpha value is -2.29. The summed E-state index contributed by atoms with van der Waals surface area (Å²) >= 11 is 0. The third-order valence-corrected chi connectivity index (χ3v) is 5.24. The van der Waals surface area contributed by atoms with Gasteiger partial charge in [-0.25, -0.2) is 0 Å². The number of morpholine rings is 1. The number of carbonyl (C=O) groups excluding carboxylic acids is 2. The van der Waals surface area contributed by atoms with E-state index in [0.717, 1.165) is 37.8 Å². The minimum absolute atomic E-state index is 0.0403. The first-order valence-electron chi connectivity index (χ1n) is 9.82. The summed E-state index contributed by atoms with van der Waals surface area (Å²) in [5.41, 5.74) is -0.339. The van der Waals surface area contributed by atoms with Crippen molar-refractivity contribution in [1.29, 1.82) is 0 Å². The fourth-order valence-electron chi connectivity index (χ4n) is 3.73. The van der Waals surface area contributed by atoms with Gasteiger partial charge in [0, 0.05) is 19.5 Å². The third-order valence-electron chi connectivity index (χ3n) is 5.24. The molecule has 0 radical (unpaired) electrons. The molecular formula is C20H25F3N2O4. The number of rotatable bonds is 6. The molecule has 1 aromatic carbocycles. The second-order valence-corrected chi connectivity index (χ2v) is 7.39. The predicted octanol–water partition coefficient (Wildman–Crippen LogP) is 3.60. The van der Waals surface area contributed by atoms with E-state index >= 15 is 0 Å². The maximum atomic E-state index is 13.1. The van der Waals surface area contributed by atoms with Crippen molar-refractivity contribution in [2.45, 2.75) is 38.3 Å². The van der Waals surface area contributed by atoms with E-state index in [4.69, 9.17) is 9.47 Å². The predicted molar refractivity (Wildman–Crippen MR) is 101 cm³/mol. The summed E-state index contributed by atoms with van der Waals surface area (Å²) in [7, 11) is 0. The maximum absolute atomic E-state index is 13.1. The number of esters is 1. The summed E-state index contributed by atoms with van der Waals surface area (Å²) in [6.07, 6.45) is -0.105. The molecule has 1 saturated heterocycles. The molecule has 0 unspecified atom stereocenters. The van der Waals surface area contributed by atoms with E-state index in [-0.39, 0.29) is 12.1 Å². The summed E-state index contributed by atoms with van der Waals surface area (Å²) in [6, 6.07) is 3.24. The number of ether oxygens (including phenoxy) is 2. The fourth-order valence-corrected chi connectivity index (χ4v) is 3.73. The number of nitrogens with one attached hydrogen (secondary N) is 1. The van der Waals surface area contributed by atoms with Gasteiger partial charge in [-0.3, -0.25) is 9.59 Å². The summed E-state index contributed by atoms with van der Waals surface area (Å²) < 4.78 is 49.6. The zero-order valence-electron chi connectivity index (χ0n) is 16.1. The molecule has 2 aliphatic rings. The van der Waals surface area contributed by atoms with Crippen molar-refractivity contribution in [2.75, 3.05) is 43.1 Å². The minimum atomic E-state index is -4.53. The van der Waals surface area contributed by atoms with Gasteiger partial charge in [0.1, 0.15) is 0 Å². The van der Waals surface area contributed by atoms with Gasteiger partial charge in [-0.2, -0.15) is 13.2 Å². The van der Waals surface area contributed by atoms with E-state index in [9.17, 15) is 22.8 Å². The number of alkyl halides is 3. The molecule has 0 bridgehead atoms. The zero-order valence-corrected chi connectivity index (χ0v) is 16.1. The Balaban J connectivity index is 1.64. The lowest BCUT2D eigenvalue weighted by atomic mass is 10.0. The quantitative estimate of drug-likeness (QED) is 0.721. The van der Waals surface area contributed by atoms with Crippen LogP contribution in [0.4, 0.5) is 24.5 Å². The topological polar surface area (TPSA) is 67.9 Å². The van der Waals surface area contributed by atoms with E-state index in [1.165, 1.54) is 6.07 Å². The van der Waals surface area contributed by atoms with Crippen LogP contribution < -0.4 is 10.2 Å². The molecule has 3 rings (SSSR count). The van der Waals surface area contributed by atoms with Gasteiger partial charge in [-0.1, -0.05) is 12.8 Å². The van der Waals surface area contributed by atoms with Crippen molar-refractivity contribution in [2.24, 2.45) is 5.92 Å². The van der Waals surface area contributed by atoms with Crippen molar-refractivity contribution in [1.82, 2.24) is 0 Å². The first-order chi connectivity index (χ1) is 13.8. The van der Waals surface area contributed by atoms with Gasteiger partial charge in [-0.05, 0) is 37.0 Å². The second kappa shape index (κ2) is 9.47. The van der Waals surface area contributed by atoms with Crippen molar-refractivity contribution in [3.05, 3.63) is 23.8 Å². The summed E-state index contributed by atoms with van der Waals surface area (Å²) in [6.45, 7) is 1.39. The lowest BCUT2D eigenvalue weighted by Gasteiger charge is -2.31. The molecule has 1 aliphatic heterocycles. The Labute approximate surface area is 167 Å². The number of anilines is 2. The summed E-state index contributed by atoms with van der Waals surface area (Å²) in [4.78, 5) is 26.0. The Morgan fingerprint density at radius 1 is 1.17 bits per heavy atom. The molecule has 0 aromatic heterocycles. The van der Waals surface area contributed by atoms with Crippen LogP contribution in [0.1, 0.15) is 37.7 Å². The average Bonchev–Trinajstić information content (AvgIpc) is 3.19. The highest BCUT2D eigenvalue weighted by Gasteiger charge is 2.32. The lowest BCUT2D eigenvalue weighted by Crippen LogP contribution is -2.37. The van der Waals surface area contributed by atoms with Crippen molar-refractivity contribution < 1.29 is 32.2 Å². The van der Waals surface area contributed by atoms with Gasteiger partial charge >= 0.3 is 12.1 Å². The standard InChI is InChI=1S/C20H25F3N2O4/c21-20(22,23)15-5-6-17(25-7-9-28-10-8-25)16(12-15)24-18(26)13-29-19(27)11-14-3-1-2-4-14/h5-6,12,14H,1-4,7-11,13H2,(H,24,26). The van der Waals surface area contributed by atoms with Crippen LogP contribution in [0.3, 0.4) is 0 Å². The van der Waals surface area contributed by atoms with Crippen molar-refractivity contribution >= 4 is 23.3 Å². The van der Waals surface area contributed by atoms with Crippen LogP contribution in [-0.4, -0.2) is 44.8 Å². The number of carbonyl (C=O) groups is 2. The molecule has 1 aliphatic carbocycles. The van der Waals surface area contributed by atoms with Crippen molar-refractivity contribution in [3.63, 3.8) is 0 Å². The van der Waals surface area contributed by atoms with Crippen LogP contribution >= 0.6 is 0 Å².